The Hall–Kier alpha value is -3.21. The lowest BCUT2D eigenvalue weighted by atomic mass is 9.92. The van der Waals surface area contributed by atoms with E-state index in [9.17, 15) is 4.79 Å². The van der Waals surface area contributed by atoms with Crippen LogP contribution in [-0.4, -0.2) is 6.09 Å². The van der Waals surface area contributed by atoms with Crippen molar-refractivity contribution in [1.82, 2.24) is 5.32 Å². The highest BCUT2D eigenvalue weighted by molar-refractivity contribution is 5.69. The summed E-state index contributed by atoms with van der Waals surface area (Å²) >= 11 is 0. The first-order valence-corrected chi connectivity index (χ1v) is 8.65. The summed E-state index contributed by atoms with van der Waals surface area (Å²) in [5.41, 5.74) is 3.00. The molecule has 1 amide bonds. The molecule has 1 aliphatic heterocycles. The van der Waals surface area contributed by atoms with Gasteiger partial charge in [-0.3, -0.25) is 0 Å². The minimum Gasteiger partial charge on any atom is -0.467 e. The van der Waals surface area contributed by atoms with Gasteiger partial charge < -0.3 is 19.8 Å². The van der Waals surface area contributed by atoms with Crippen molar-refractivity contribution >= 4 is 11.8 Å². The molecule has 2 atom stereocenters. The highest BCUT2D eigenvalue weighted by Crippen LogP contribution is 2.38. The standard InChI is InChI=1S/C21H20N2O3/c24-21(26-14-15-7-2-1-3-8-15)23-18-13-19(20-11-6-12-25-20)22-17-10-5-4-9-16(17)18/h1-12,18-19,22H,13-14H2,(H,23,24)/t18-,19-/m0/s1. The van der Waals surface area contributed by atoms with Gasteiger partial charge in [-0.05, 0) is 35.7 Å². The number of anilines is 1. The first kappa shape index (κ1) is 16.3. The highest BCUT2D eigenvalue weighted by atomic mass is 16.5. The third-order valence-corrected chi connectivity index (χ3v) is 4.53. The monoisotopic (exact) mass is 348 g/mol. The summed E-state index contributed by atoms with van der Waals surface area (Å²) < 4.78 is 10.9. The van der Waals surface area contributed by atoms with Crippen LogP contribution in [0.4, 0.5) is 10.5 Å². The van der Waals surface area contributed by atoms with E-state index in [2.05, 4.69) is 10.6 Å². The van der Waals surface area contributed by atoms with Gasteiger partial charge in [-0.1, -0.05) is 48.5 Å². The van der Waals surface area contributed by atoms with Crippen molar-refractivity contribution in [1.29, 1.82) is 0 Å². The molecular weight excluding hydrogens is 328 g/mol. The van der Waals surface area contributed by atoms with E-state index in [4.69, 9.17) is 9.15 Å². The zero-order valence-electron chi connectivity index (χ0n) is 14.2. The molecule has 0 aliphatic carbocycles. The number of hydrogen-bond acceptors (Lipinski definition) is 4. The molecule has 0 fully saturated rings. The number of furan rings is 1. The zero-order valence-corrected chi connectivity index (χ0v) is 14.2. The summed E-state index contributed by atoms with van der Waals surface area (Å²) in [6.45, 7) is 0.251. The molecule has 5 nitrogen and oxygen atoms in total. The molecule has 132 valence electrons. The number of hydrogen-bond donors (Lipinski definition) is 2. The van der Waals surface area contributed by atoms with E-state index >= 15 is 0 Å². The molecule has 26 heavy (non-hydrogen) atoms. The maximum absolute atomic E-state index is 12.3. The molecule has 3 aromatic rings. The molecule has 2 heterocycles. The average molecular weight is 348 g/mol. The Labute approximate surface area is 152 Å². The lowest BCUT2D eigenvalue weighted by Gasteiger charge is -2.32. The van der Waals surface area contributed by atoms with Gasteiger partial charge in [0, 0.05) is 5.69 Å². The van der Waals surface area contributed by atoms with Gasteiger partial charge in [0.25, 0.3) is 0 Å². The van der Waals surface area contributed by atoms with E-state index < -0.39 is 6.09 Å². The highest BCUT2D eigenvalue weighted by Gasteiger charge is 2.30. The quantitative estimate of drug-likeness (QED) is 0.710. The normalized spacial score (nSPS) is 18.5. The maximum atomic E-state index is 12.3. The third kappa shape index (κ3) is 3.57. The lowest BCUT2D eigenvalue weighted by Crippen LogP contribution is -2.34. The fourth-order valence-corrected chi connectivity index (χ4v) is 3.26. The van der Waals surface area contributed by atoms with Gasteiger partial charge in [0.1, 0.15) is 12.4 Å². The second-order valence-electron chi connectivity index (χ2n) is 6.29. The molecule has 2 N–H and O–H groups in total. The number of rotatable bonds is 4. The van der Waals surface area contributed by atoms with Gasteiger partial charge in [-0.2, -0.15) is 0 Å². The smallest absolute Gasteiger partial charge is 0.407 e. The summed E-state index contributed by atoms with van der Waals surface area (Å²) in [7, 11) is 0. The minimum atomic E-state index is -0.422. The molecule has 1 aromatic heterocycles. The van der Waals surface area contributed by atoms with Crippen molar-refractivity contribution in [3.63, 3.8) is 0 Å². The first-order chi connectivity index (χ1) is 12.8. The van der Waals surface area contributed by atoms with E-state index in [0.29, 0.717) is 6.42 Å². The van der Waals surface area contributed by atoms with Gasteiger partial charge in [0.15, 0.2) is 0 Å². The fourth-order valence-electron chi connectivity index (χ4n) is 3.26. The Kier molecular flexibility index (Phi) is 4.60. The number of alkyl carbamates (subject to hydrolysis) is 1. The maximum Gasteiger partial charge on any atom is 0.407 e. The van der Waals surface area contributed by atoms with Crippen molar-refractivity contribution in [3.05, 3.63) is 89.9 Å². The number of carbonyl (C=O) groups excluding carboxylic acids is 1. The molecular formula is C21H20N2O3. The van der Waals surface area contributed by atoms with Crippen LogP contribution in [0.15, 0.2) is 77.4 Å². The van der Waals surface area contributed by atoms with Gasteiger partial charge >= 0.3 is 6.09 Å². The Balaban J connectivity index is 1.46. The molecule has 0 bridgehead atoms. The van der Waals surface area contributed by atoms with E-state index in [0.717, 1.165) is 22.6 Å². The predicted molar refractivity (Wildman–Crippen MR) is 98.6 cm³/mol. The third-order valence-electron chi connectivity index (χ3n) is 4.53. The summed E-state index contributed by atoms with van der Waals surface area (Å²) in [4.78, 5) is 12.3. The molecule has 2 aromatic carbocycles. The zero-order chi connectivity index (χ0) is 17.8. The van der Waals surface area contributed by atoms with Crippen LogP contribution in [0, 0.1) is 0 Å². The summed E-state index contributed by atoms with van der Waals surface area (Å²) in [6, 6.07) is 21.3. The van der Waals surface area contributed by atoms with E-state index in [1.54, 1.807) is 6.26 Å². The van der Waals surface area contributed by atoms with Crippen molar-refractivity contribution in [2.75, 3.05) is 5.32 Å². The van der Waals surface area contributed by atoms with Crippen LogP contribution in [0.1, 0.15) is 35.4 Å². The van der Waals surface area contributed by atoms with Crippen LogP contribution < -0.4 is 10.6 Å². The molecule has 4 rings (SSSR count). The van der Waals surface area contributed by atoms with Crippen molar-refractivity contribution in [3.8, 4) is 0 Å². The van der Waals surface area contributed by atoms with Crippen molar-refractivity contribution in [2.45, 2.75) is 25.1 Å². The molecule has 5 heteroatoms. The van der Waals surface area contributed by atoms with Crippen molar-refractivity contribution in [2.24, 2.45) is 0 Å². The Bertz CT molecular complexity index is 862. The average Bonchev–Trinajstić information content (AvgIpc) is 3.22. The van der Waals surface area contributed by atoms with E-state index in [1.165, 1.54) is 0 Å². The van der Waals surface area contributed by atoms with Gasteiger partial charge in [0.05, 0.1) is 18.3 Å². The fraction of sp³-hybridized carbons (Fsp3) is 0.190. The number of nitrogens with one attached hydrogen (secondary N) is 2. The predicted octanol–water partition coefficient (Wildman–Crippen LogP) is 4.80. The number of amides is 1. The van der Waals surface area contributed by atoms with Crippen LogP contribution >= 0.6 is 0 Å². The largest absolute Gasteiger partial charge is 0.467 e. The number of fused-ring (bicyclic) bond motifs is 1. The number of carbonyl (C=O) groups is 1. The first-order valence-electron chi connectivity index (χ1n) is 8.65. The van der Waals surface area contributed by atoms with Crippen LogP contribution in [0.3, 0.4) is 0 Å². The van der Waals surface area contributed by atoms with E-state index in [1.807, 2.05) is 66.7 Å². The lowest BCUT2D eigenvalue weighted by molar-refractivity contribution is 0.134. The Morgan fingerprint density at radius 2 is 1.88 bits per heavy atom. The van der Waals surface area contributed by atoms with Gasteiger partial charge in [0.2, 0.25) is 0 Å². The summed E-state index contributed by atoms with van der Waals surface area (Å²) in [6.07, 6.45) is 1.92. The molecule has 0 saturated heterocycles. The number of ether oxygens (including phenoxy) is 1. The van der Waals surface area contributed by atoms with E-state index in [-0.39, 0.29) is 18.7 Å². The summed E-state index contributed by atoms with van der Waals surface area (Å²) in [5.74, 6) is 0.851. The van der Waals surface area contributed by atoms with Crippen LogP contribution in [0.25, 0.3) is 0 Å². The van der Waals surface area contributed by atoms with Crippen LogP contribution in [0.5, 0.6) is 0 Å². The van der Waals surface area contributed by atoms with Gasteiger partial charge in [-0.25, -0.2) is 4.79 Å². The molecule has 0 spiro atoms. The molecule has 0 unspecified atom stereocenters. The minimum absolute atomic E-state index is 0.000627. The summed E-state index contributed by atoms with van der Waals surface area (Å²) in [5, 5.41) is 6.47. The number of benzene rings is 2. The Morgan fingerprint density at radius 1 is 1.08 bits per heavy atom. The second-order valence-corrected chi connectivity index (χ2v) is 6.29. The second kappa shape index (κ2) is 7.35. The SMILES string of the molecule is O=C(N[C@H]1C[C@@H](c2ccco2)Nc2ccccc21)OCc1ccccc1. The topological polar surface area (TPSA) is 63.5 Å². The molecule has 0 radical (unpaired) electrons. The Morgan fingerprint density at radius 3 is 2.69 bits per heavy atom. The molecule has 0 saturated carbocycles. The molecule has 1 aliphatic rings. The van der Waals surface area contributed by atoms with Crippen LogP contribution in [-0.2, 0) is 11.3 Å². The van der Waals surface area contributed by atoms with Crippen LogP contribution in [0.2, 0.25) is 0 Å². The number of para-hydroxylation sites is 1. The van der Waals surface area contributed by atoms with Crippen molar-refractivity contribution < 1.29 is 13.9 Å². The van der Waals surface area contributed by atoms with Gasteiger partial charge in [-0.15, -0.1) is 0 Å².